The summed E-state index contributed by atoms with van der Waals surface area (Å²) in [6.45, 7) is 0. The molecule has 1 aromatic heterocycles. The lowest BCUT2D eigenvalue weighted by Crippen LogP contribution is -2.08. The average molecular weight is 384 g/mol. The second-order valence-corrected chi connectivity index (χ2v) is 6.35. The smallest absolute Gasteiger partial charge is 0.376 e. The Morgan fingerprint density at radius 2 is 1.68 bits per heavy atom. The van der Waals surface area contributed by atoms with Crippen LogP contribution in [0.2, 0.25) is 0 Å². The van der Waals surface area contributed by atoms with E-state index in [1.54, 1.807) is 19.2 Å². The number of rotatable bonds is 3. The first-order chi connectivity index (χ1) is 13.3. The number of benzene rings is 3. The van der Waals surface area contributed by atoms with E-state index in [-0.39, 0.29) is 5.56 Å². The summed E-state index contributed by atoms with van der Waals surface area (Å²) in [7, 11) is 1.54. The van der Waals surface area contributed by atoms with E-state index in [4.69, 9.17) is 4.52 Å². The minimum absolute atomic E-state index is 0.210. The Labute approximate surface area is 157 Å². The molecule has 1 heterocycles. The quantitative estimate of drug-likeness (QED) is 0.503. The fraction of sp³-hybridized carbons (Fsp3) is 0.0952. The van der Waals surface area contributed by atoms with Crippen LogP contribution in [0.3, 0.4) is 0 Å². The van der Waals surface area contributed by atoms with Crippen molar-refractivity contribution >= 4 is 22.3 Å². The van der Waals surface area contributed by atoms with Crippen molar-refractivity contribution in [2.75, 3.05) is 5.32 Å². The summed E-state index contributed by atoms with van der Waals surface area (Å²) >= 11 is 0. The molecule has 0 spiro atoms. The summed E-state index contributed by atoms with van der Waals surface area (Å²) < 4.78 is 44.8. The van der Waals surface area contributed by atoms with Crippen LogP contribution in [0.5, 0.6) is 0 Å². The highest BCUT2D eigenvalue weighted by molar-refractivity contribution is 5.87. The predicted molar refractivity (Wildman–Crippen MR) is 102 cm³/mol. The van der Waals surface area contributed by atoms with Gasteiger partial charge in [0.2, 0.25) is 0 Å². The molecule has 7 heteroatoms. The molecule has 0 fully saturated rings. The molecular weight excluding hydrogens is 369 g/mol. The molecule has 0 aliphatic rings. The largest absolute Gasteiger partial charge is 0.416 e. The SMILES string of the molecule is Cn1oc2cc(-c3ccccc3Nc3ccc(C(F)(F)F)cc3)ccc2c1=O. The summed E-state index contributed by atoms with van der Waals surface area (Å²) in [5, 5.41) is 3.63. The van der Waals surface area contributed by atoms with E-state index in [0.29, 0.717) is 16.7 Å². The number of nitrogens with zero attached hydrogens (tertiary/aromatic N) is 1. The first-order valence-corrected chi connectivity index (χ1v) is 8.47. The van der Waals surface area contributed by atoms with Crippen molar-refractivity contribution in [2.45, 2.75) is 6.18 Å². The van der Waals surface area contributed by atoms with Gasteiger partial charge in [-0.1, -0.05) is 24.3 Å². The van der Waals surface area contributed by atoms with Crippen LogP contribution in [0.1, 0.15) is 5.56 Å². The van der Waals surface area contributed by atoms with Crippen molar-refractivity contribution in [3.63, 3.8) is 0 Å². The van der Waals surface area contributed by atoms with Crippen molar-refractivity contribution in [3.8, 4) is 11.1 Å². The van der Waals surface area contributed by atoms with E-state index in [1.165, 1.54) is 16.9 Å². The van der Waals surface area contributed by atoms with Gasteiger partial charge in [-0.15, -0.1) is 0 Å². The Morgan fingerprint density at radius 1 is 0.964 bits per heavy atom. The lowest BCUT2D eigenvalue weighted by molar-refractivity contribution is -0.137. The average Bonchev–Trinajstić information content (AvgIpc) is 2.95. The number of nitrogens with one attached hydrogen (secondary N) is 1. The highest BCUT2D eigenvalue weighted by atomic mass is 19.4. The summed E-state index contributed by atoms with van der Waals surface area (Å²) in [4.78, 5) is 12.0. The Bertz CT molecular complexity index is 1210. The minimum Gasteiger partial charge on any atom is -0.376 e. The molecule has 0 saturated heterocycles. The maximum atomic E-state index is 12.7. The first-order valence-electron chi connectivity index (χ1n) is 8.47. The molecule has 0 bridgehead atoms. The van der Waals surface area contributed by atoms with Gasteiger partial charge in [-0.25, -0.2) is 0 Å². The second-order valence-electron chi connectivity index (χ2n) is 6.35. The minimum atomic E-state index is -4.37. The molecule has 28 heavy (non-hydrogen) atoms. The lowest BCUT2D eigenvalue weighted by atomic mass is 10.0. The molecule has 0 unspecified atom stereocenters. The maximum absolute atomic E-state index is 12.7. The van der Waals surface area contributed by atoms with Crippen LogP contribution in [0.4, 0.5) is 24.5 Å². The number of aromatic nitrogens is 1. The molecule has 1 N–H and O–H groups in total. The van der Waals surface area contributed by atoms with Crippen molar-refractivity contribution in [1.29, 1.82) is 0 Å². The summed E-state index contributed by atoms with van der Waals surface area (Å²) in [5.41, 5.74) is 2.46. The number of hydrogen-bond acceptors (Lipinski definition) is 3. The molecule has 4 rings (SSSR count). The monoisotopic (exact) mass is 384 g/mol. The Kier molecular flexibility index (Phi) is 4.22. The number of alkyl halides is 3. The van der Waals surface area contributed by atoms with Crippen LogP contribution in [-0.2, 0) is 13.2 Å². The predicted octanol–water partition coefficient (Wildman–Crippen LogP) is 5.56. The molecule has 0 saturated carbocycles. The van der Waals surface area contributed by atoms with E-state index in [1.807, 2.05) is 30.3 Å². The summed E-state index contributed by atoms with van der Waals surface area (Å²) in [5.74, 6) is 0. The lowest BCUT2D eigenvalue weighted by Gasteiger charge is -2.13. The molecule has 0 amide bonds. The zero-order valence-corrected chi connectivity index (χ0v) is 14.7. The fourth-order valence-corrected chi connectivity index (χ4v) is 3.04. The van der Waals surface area contributed by atoms with Gasteiger partial charge in [0.05, 0.1) is 10.9 Å². The van der Waals surface area contributed by atoms with Crippen LogP contribution >= 0.6 is 0 Å². The van der Waals surface area contributed by atoms with Gasteiger partial charge < -0.3 is 9.84 Å². The molecule has 0 atom stereocenters. The van der Waals surface area contributed by atoms with Crippen molar-refractivity contribution in [1.82, 2.24) is 4.74 Å². The summed E-state index contributed by atoms with van der Waals surface area (Å²) in [6, 6.07) is 17.5. The summed E-state index contributed by atoms with van der Waals surface area (Å²) in [6.07, 6.45) is -4.37. The third-order valence-corrected chi connectivity index (χ3v) is 4.46. The maximum Gasteiger partial charge on any atom is 0.416 e. The van der Waals surface area contributed by atoms with Crippen molar-refractivity contribution in [3.05, 3.63) is 82.6 Å². The van der Waals surface area contributed by atoms with Crippen LogP contribution in [-0.4, -0.2) is 4.74 Å². The number of hydrogen-bond donors (Lipinski definition) is 1. The van der Waals surface area contributed by atoms with Gasteiger partial charge in [0.15, 0.2) is 5.58 Å². The highest BCUT2D eigenvalue weighted by Gasteiger charge is 2.29. The molecule has 4 aromatic rings. The molecule has 0 aliphatic heterocycles. The third kappa shape index (κ3) is 3.26. The normalized spacial score (nSPS) is 11.7. The molecule has 3 aromatic carbocycles. The van der Waals surface area contributed by atoms with Gasteiger partial charge in [0.25, 0.3) is 5.56 Å². The van der Waals surface area contributed by atoms with Gasteiger partial charge in [0.1, 0.15) is 0 Å². The fourth-order valence-electron chi connectivity index (χ4n) is 3.04. The van der Waals surface area contributed by atoms with Crippen molar-refractivity contribution in [2.24, 2.45) is 7.05 Å². The van der Waals surface area contributed by atoms with E-state index in [0.717, 1.165) is 28.9 Å². The van der Waals surface area contributed by atoms with Crippen LogP contribution < -0.4 is 10.9 Å². The van der Waals surface area contributed by atoms with Gasteiger partial charge in [-0.3, -0.25) is 4.79 Å². The standard InChI is InChI=1S/C21H15F3N2O2/c1-26-20(27)17-11-6-13(12-19(17)28-26)16-4-2-3-5-18(16)25-15-9-7-14(8-10-15)21(22,23)24/h2-12,25H,1H3. The van der Waals surface area contributed by atoms with E-state index in [2.05, 4.69) is 5.32 Å². The molecule has 4 nitrogen and oxygen atoms in total. The number of halogens is 3. The van der Waals surface area contributed by atoms with Gasteiger partial charge >= 0.3 is 6.18 Å². The number of anilines is 2. The van der Waals surface area contributed by atoms with E-state index < -0.39 is 11.7 Å². The highest BCUT2D eigenvalue weighted by Crippen LogP contribution is 2.33. The second kappa shape index (κ2) is 6.60. The van der Waals surface area contributed by atoms with Gasteiger partial charge in [-0.2, -0.15) is 17.9 Å². The van der Waals surface area contributed by atoms with Crippen molar-refractivity contribution < 1.29 is 17.7 Å². The Morgan fingerprint density at radius 3 is 2.39 bits per heavy atom. The Balaban J connectivity index is 1.70. The first kappa shape index (κ1) is 17.9. The van der Waals surface area contributed by atoms with E-state index in [9.17, 15) is 18.0 Å². The van der Waals surface area contributed by atoms with Gasteiger partial charge in [-0.05, 0) is 48.0 Å². The van der Waals surface area contributed by atoms with E-state index >= 15 is 0 Å². The van der Waals surface area contributed by atoms with Crippen LogP contribution in [0.25, 0.3) is 22.1 Å². The molecule has 142 valence electrons. The van der Waals surface area contributed by atoms with Gasteiger partial charge in [0, 0.05) is 24.0 Å². The topological polar surface area (TPSA) is 47.2 Å². The van der Waals surface area contributed by atoms with Crippen LogP contribution in [0, 0.1) is 0 Å². The third-order valence-electron chi connectivity index (χ3n) is 4.46. The molecule has 0 aliphatic carbocycles. The zero-order valence-electron chi connectivity index (χ0n) is 14.7. The molecule has 0 radical (unpaired) electrons. The number of para-hydroxylation sites is 1. The molecular formula is C21H15F3N2O2. The zero-order chi connectivity index (χ0) is 19.9. The number of aryl methyl sites for hydroxylation is 1. The van der Waals surface area contributed by atoms with Crippen LogP contribution in [0.15, 0.2) is 76.0 Å². The number of fused-ring (bicyclic) bond motifs is 1. The Hall–Kier alpha value is -3.48.